The van der Waals surface area contributed by atoms with Crippen LogP contribution >= 0.6 is 0 Å². The van der Waals surface area contributed by atoms with Gasteiger partial charge in [0.15, 0.2) is 5.41 Å². The van der Waals surface area contributed by atoms with Crippen LogP contribution in [0.25, 0.3) is 0 Å². The molecule has 1 saturated carbocycles. The molecule has 0 heterocycles. The first kappa shape index (κ1) is 10.0. The number of hydrogen-bond donors (Lipinski definition) is 1. The minimum Gasteiger partial charge on any atom is -0.480 e. The first-order valence-corrected chi connectivity index (χ1v) is 4.75. The fourth-order valence-electron chi connectivity index (χ4n) is 1.89. The second-order valence-corrected chi connectivity index (χ2v) is 4.04. The molecule has 1 fully saturated rings. The van der Waals surface area contributed by atoms with Gasteiger partial charge in [0.05, 0.1) is 6.07 Å². The molecule has 1 aliphatic carbocycles. The lowest BCUT2D eigenvalue weighted by molar-refractivity contribution is -0.146. The summed E-state index contributed by atoms with van der Waals surface area (Å²) < 4.78 is 0. The Balaban J connectivity index is 2.77. The summed E-state index contributed by atoms with van der Waals surface area (Å²) in [6.45, 7) is 2.12. The van der Waals surface area contributed by atoms with Crippen molar-refractivity contribution in [2.45, 2.75) is 39.0 Å². The third-order valence-electron chi connectivity index (χ3n) is 2.99. The molecule has 1 rings (SSSR count). The third-order valence-corrected chi connectivity index (χ3v) is 2.99. The number of carbonyl (C=O) groups is 1. The van der Waals surface area contributed by atoms with Gasteiger partial charge in [0, 0.05) is 0 Å². The molecule has 0 radical (unpaired) electrons. The molecule has 0 bridgehead atoms. The summed E-state index contributed by atoms with van der Waals surface area (Å²) in [4.78, 5) is 10.9. The molecule has 1 N–H and O–H groups in total. The molecule has 2 atom stereocenters. The molecule has 0 amide bonds. The van der Waals surface area contributed by atoms with Gasteiger partial charge in [-0.25, -0.2) is 0 Å². The van der Waals surface area contributed by atoms with Crippen molar-refractivity contribution >= 4 is 5.97 Å². The van der Waals surface area contributed by atoms with Crippen molar-refractivity contribution in [1.82, 2.24) is 0 Å². The van der Waals surface area contributed by atoms with E-state index in [2.05, 4.69) is 6.92 Å². The number of nitriles is 1. The first-order valence-electron chi connectivity index (χ1n) is 4.75. The number of aliphatic carboxylic acids is 1. The minimum atomic E-state index is -1.09. The van der Waals surface area contributed by atoms with Crippen LogP contribution in [0.1, 0.15) is 39.0 Å². The summed E-state index contributed by atoms with van der Waals surface area (Å²) in [6, 6.07) is 1.98. The van der Waals surface area contributed by atoms with E-state index in [1.807, 2.05) is 6.07 Å². The maximum absolute atomic E-state index is 10.9. The second-order valence-electron chi connectivity index (χ2n) is 4.04. The highest BCUT2D eigenvalue weighted by Gasteiger charge is 2.39. The molecule has 13 heavy (non-hydrogen) atoms. The fourth-order valence-corrected chi connectivity index (χ4v) is 1.89. The molecule has 1 aliphatic rings. The average Bonchev–Trinajstić information content (AvgIpc) is 2.28. The van der Waals surface area contributed by atoms with Crippen molar-refractivity contribution < 1.29 is 9.90 Å². The lowest BCUT2D eigenvalue weighted by Crippen LogP contribution is -2.28. The highest BCUT2D eigenvalue weighted by molar-refractivity contribution is 5.77. The average molecular weight is 181 g/mol. The maximum Gasteiger partial charge on any atom is 0.324 e. The van der Waals surface area contributed by atoms with Gasteiger partial charge in [-0.15, -0.1) is 0 Å². The van der Waals surface area contributed by atoms with Crippen molar-refractivity contribution in [3.8, 4) is 6.07 Å². The van der Waals surface area contributed by atoms with Gasteiger partial charge in [-0.1, -0.05) is 19.8 Å². The Bertz CT molecular complexity index is 244. The molecule has 72 valence electrons. The fraction of sp³-hybridized carbons (Fsp3) is 0.800. The van der Waals surface area contributed by atoms with Gasteiger partial charge in [-0.05, 0) is 25.2 Å². The predicted octanol–water partition coefficient (Wildman–Crippen LogP) is 2.18. The smallest absolute Gasteiger partial charge is 0.324 e. The molecule has 2 unspecified atom stereocenters. The second kappa shape index (κ2) is 3.78. The number of nitrogens with zero attached hydrogens (tertiary/aromatic N) is 1. The van der Waals surface area contributed by atoms with Crippen molar-refractivity contribution in [2.24, 2.45) is 11.3 Å². The topological polar surface area (TPSA) is 61.1 Å². The van der Waals surface area contributed by atoms with Crippen molar-refractivity contribution in [3.63, 3.8) is 0 Å². The van der Waals surface area contributed by atoms with Crippen LogP contribution in [0.4, 0.5) is 0 Å². The van der Waals surface area contributed by atoms with Gasteiger partial charge in [-0.2, -0.15) is 5.26 Å². The largest absolute Gasteiger partial charge is 0.480 e. The van der Waals surface area contributed by atoms with Crippen LogP contribution < -0.4 is 0 Å². The maximum atomic E-state index is 10.9. The zero-order chi connectivity index (χ0) is 9.90. The van der Waals surface area contributed by atoms with E-state index in [0.29, 0.717) is 18.8 Å². The summed E-state index contributed by atoms with van der Waals surface area (Å²) in [7, 11) is 0. The molecule has 0 aromatic carbocycles. The molecule has 3 heteroatoms. The van der Waals surface area contributed by atoms with Crippen LogP contribution in [-0.2, 0) is 4.79 Å². The molecule has 0 aliphatic heterocycles. The summed E-state index contributed by atoms with van der Waals surface area (Å²) in [6.07, 6.45) is 3.81. The number of hydrogen-bond acceptors (Lipinski definition) is 2. The van der Waals surface area contributed by atoms with Gasteiger partial charge in [0.2, 0.25) is 0 Å². The standard InChI is InChI=1S/C10H15NO2/c1-8-3-2-5-10(7-11,6-4-8)9(12)13/h8H,2-6H2,1H3,(H,12,13). The van der Waals surface area contributed by atoms with E-state index in [1.165, 1.54) is 0 Å². The summed E-state index contributed by atoms with van der Waals surface area (Å²) in [5.74, 6) is -0.376. The van der Waals surface area contributed by atoms with Crippen LogP contribution in [0.3, 0.4) is 0 Å². The molecule has 0 saturated heterocycles. The van der Waals surface area contributed by atoms with Gasteiger partial charge >= 0.3 is 5.97 Å². The zero-order valence-corrected chi connectivity index (χ0v) is 7.92. The predicted molar refractivity (Wildman–Crippen MR) is 47.9 cm³/mol. The van der Waals surface area contributed by atoms with Crippen LogP contribution in [0, 0.1) is 22.7 Å². The Morgan fingerprint density at radius 3 is 2.77 bits per heavy atom. The molecule has 0 aromatic heterocycles. The van der Waals surface area contributed by atoms with Crippen molar-refractivity contribution in [2.75, 3.05) is 0 Å². The third kappa shape index (κ3) is 2.00. The van der Waals surface area contributed by atoms with E-state index in [4.69, 9.17) is 10.4 Å². The Morgan fingerprint density at radius 1 is 1.54 bits per heavy atom. The van der Waals surface area contributed by atoms with E-state index in [1.54, 1.807) is 0 Å². The van der Waals surface area contributed by atoms with Gasteiger partial charge < -0.3 is 5.11 Å². The first-order chi connectivity index (χ1) is 6.10. The van der Waals surface area contributed by atoms with Crippen molar-refractivity contribution in [3.05, 3.63) is 0 Å². The monoisotopic (exact) mass is 181 g/mol. The number of carboxylic acids is 1. The van der Waals surface area contributed by atoms with E-state index in [0.717, 1.165) is 19.3 Å². The molecule has 3 nitrogen and oxygen atoms in total. The summed E-state index contributed by atoms with van der Waals surface area (Å²) >= 11 is 0. The van der Waals surface area contributed by atoms with E-state index >= 15 is 0 Å². The summed E-state index contributed by atoms with van der Waals surface area (Å²) in [5.41, 5.74) is -1.09. The summed E-state index contributed by atoms with van der Waals surface area (Å²) in [5, 5.41) is 17.9. The lowest BCUT2D eigenvalue weighted by Gasteiger charge is -2.18. The number of rotatable bonds is 1. The Hall–Kier alpha value is -1.04. The van der Waals surface area contributed by atoms with E-state index in [-0.39, 0.29) is 0 Å². The molecule has 0 spiro atoms. The van der Waals surface area contributed by atoms with Crippen LogP contribution in [0.15, 0.2) is 0 Å². The van der Waals surface area contributed by atoms with E-state index in [9.17, 15) is 4.79 Å². The minimum absolute atomic E-state index is 0.514. The Kier molecular flexibility index (Phi) is 2.92. The van der Waals surface area contributed by atoms with Crippen molar-refractivity contribution in [1.29, 1.82) is 5.26 Å². The van der Waals surface area contributed by atoms with Crippen LogP contribution in [0.5, 0.6) is 0 Å². The molecule has 0 aromatic rings. The lowest BCUT2D eigenvalue weighted by atomic mass is 9.82. The quantitative estimate of drug-likeness (QED) is 0.631. The Labute approximate surface area is 78.4 Å². The Morgan fingerprint density at radius 2 is 2.23 bits per heavy atom. The number of carboxylic acid groups (broad SMARTS) is 1. The zero-order valence-electron chi connectivity index (χ0n) is 7.92. The molecular weight excluding hydrogens is 166 g/mol. The van der Waals surface area contributed by atoms with Crippen LogP contribution in [-0.4, -0.2) is 11.1 Å². The van der Waals surface area contributed by atoms with Gasteiger partial charge in [-0.3, -0.25) is 4.79 Å². The van der Waals surface area contributed by atoms with E-state index < -0.39 is 11.4 Å². The highest BCUT2D eigenvalue weighted by atomic mass is 16.4. The van der Waals surface area contributed by atoms with Crippen LogP contribution in [0.2, 0.25) is 0 Å². The normalized spacial score (nSPS) is 34.6. The molecular formula is C10H15NO2. The highest BCUT2D eigenvalue weighted by Crippen LogP contribution is 2.36. The van der Waals surface area contributed by atoms with Gasteiger partial charge in [0.1, 0.15) is 0 Å². The van der Waals surface area contributed by atoms with Gasteiger partial charge in [0.25, 0.3) is 0 Å². The SMILES string of the molecule is CC1CCCC(C#N)(C(=O)O)CC1.